The molecule has 1 atom stereocenters. The predicted octanol–water partition coefficient (Wildman–Crippen LogP) is 2.02. The molecule has 4 heteroatoms. The van der Waals surface area contributed by atoms with E-state index in [0.29, 0.717) is 13.0 Å². The highest BCUT2D eigenvalue weighted by atomic mass is 16.3. The van der Waals surface area contributed by atoms with Gasteiger partial charge in [-0.2, -0.15) is 0 Å². The molecule has 0 fully saturated rings. The molecule has 0 aliphatic carbocycles. The third kappa shape index (κ3) is 3.35. The van der Waals surface area contributed by atoms with Crippen LogP contribution in [0, 0.1) is 13.8 Å². The second-order valence-electron chi connectivity index (χ2n) is 4.64. The summed E-state index contributed by atoms with van der Waals surface area (Å²) in [5.74, 6) is -0.0499. The lowest BCUT2D eigenvalue weighted by Gasteiger charge is -2.09. The molecule has 1 unspecified atom stereocenters. The van der Waals surface area contributed by atoms with Crippen LogP contribution in [0.4, 0.5) is 0 Å². The lowest BCUT2D eigenvalue weighted by Crippen LogP contribution is -2.27. The first-order valence-corrected chi connectivity index (χ1v) is 6.64. The van der Waals surface area contributed by atoms with Gasteiger partial charge in [-0.25, -0.2) is 0 Å². The summed E-state index contributed by atoms with van der Waals surface area (Å²) >= 11 is 0. The molecule has 1 aromatic heterocycles. The minimum Gasteiger partial charge on any atom is -0.393 e. The van der Waals surface area contributed by atoms with Crippen molar-refractivity contribution < 1.29 is 9.90 Å². The highest BCUT2D eigenvalue weighted by Gasteiger charge is 2.14. The highest BCUT2D eigenvalue weighted by Crippen LogP contribution is 2.14. The smallest absolute Gasteiger partial charge is 0.253 e. The Labute approximate surface area is 109 Å². The van der Waals surface area contributed by atoms with Gasteiger partial charge in [0.1, 0.15) is 0 Å². The molecular weight excluding hydrogens is 228 g/mol. The summed E-state index contributed by atoms with van der Waals surface area (Å²) in [7, 11) is 0. The van der Waals surface area contributed by atoms with Gasteiger partial charge in [0.15, 0.2) is 0 Å². The maximum atomic E-state index is 12.0. The van der Waals surface area contributed by atoms with Crippen LogP contribution in [-0.2, 0) is 6.54 Å². The van der Waals surface area contributed by atoms with Gasteiger partial charge in [-0.15, -0.1) is 0 Å². The molecule has 2 N–H and O–H groups in total. The van der Waals surface area contributed by atoms with Crippen LogP contribution in [-0.4, -0.2) is 28.2 Å². The van der Waals surface area contributed by atoms with Crippen molar-refractivity contribution in [3.05, 3.63) is 23.0 Å². The Morgan fingerprint density at radius 3 is 2.61 bits per heavy atom. The Morgan fingerprint density at radius 1 is 1.44 bits per heavy atom. The number of carbonyl (C=O) groups is 1. The van der Waals surface area contributed by atoms with Crippen molar-refractivity contribution in [2.24, 2.45) is 0 Å². The molecule has 0 aromatic carbocycles. The van der Waals surface area contributed by atoms with Crippen LogP contribution in [0.25, 0.3) is 0 Å². The molecule has 0 saturated carbocycles. The Hall–Kier alpha value is -1.29. The van der Waals surface area contributed by atoms with Crippen molar-refractivity contribution >= 4 is 5.91 Å². The average molecular weight is 252 g/mol. The Bertz CT molecular complexity index is 410. The van der Waals surface area contributed by atoms with Gasteiger partial charge in [0.05, 0.1) is 11.7 Å². The molecule has 0 aliphatic heterocycles. The fourth-order valence-electron chi connectivity index (χ4n) is 2.17. The van der Waals surface area contributed by atoms with E-state index in [0.717, 1.165) is 29.9 Å². The van der Waals surface area contributed by atoms with Gasteiger partial charge in [-0.1, -0.05) is 6.92 Å². The molecule has 0 aliphatic rings. The molecule has 0 bridgehead atoms. The third-order valence-electron chi connectivity index (χ3n) is 3.37. The zero-order chi connectivity index (χ0) is 13.7. The molecule has 1 aromatic rings. The number of aromatic nitrogens is 1. The van der Waals surface area contributed by atoms with Crippen molar-refractivity contribution in [2.75, 3.05) is 6.54 Å². The quantitative estimate of drug-likeness (QED) is 0.813. The topological polar surface area (TPSA) is 54.3 Å². The van der Waals surface area contributed by atoms with Crippen LogP contribution in [0.3, 0.4) is 0 Å². The van der Waals surface area contributed by atoms with Gasteiger partial charge in [0, 0.05) is 24.5 Å². The van der Waals surface area contributed by atoms with E-state index in [1.165, 1.54) is 0 Å². The summed E-state index contributed by atoms with van der Waals surface area (Å²) in [5.41, 5.74) is 2.85. The molecule has 1 amide bonds. The number of rotatable bonds is 6. The van der Waals surface area contributed by atoms with E-state index in [1.54, 1.807) is 0 Å². The maximum absolute atomic E-state index is 12.0. The molecule has 1 heterocycles. The van der Waals surface area contributed by atoms with E-state index in [1.807, 2.05) is 26.8 Å². The van der Waals surface area contributed by atoms with Gasteiger partial charge in [0.25, 0.3) is 5.91 Å². The first kappa shape index (κ1) is 14.8. The van der Waals surface area contributed by atoms with E-state index < -0.39 is 0 Å². The van der Waals surface area contributed by atoms with E-state index in [4.69, 9.17) is 0 Å². The molecule has 0 spiro atoms. The van der Waals surface area contributed by atoms with Crippen molar-refractivity contribution in [2.45, 2.75) is 53.2 Å². The minimum atomic E-state index is -0.326. The Morgan fingerprint density at radius 2 is 2.11 bits per heavy atom. The van der Waals surface area contributed by atoms with Crippen LogP contribution >= 0.6 is 0 Å². The van der Waals surface area contributed by atoms with Crippen LogP contribution in [0.2, 0.25) is 0 Å². The number of nitrogens with zero attached hydrogens (tertiary/aromatic N) is 1. The summed E-state index contributed by atoms with van der Waals surface area (Å²) in [6.07, 6.45) is 1.00. The molecule has 102 valence electrons. The Balaban J connectivity index is 2.62. The standard InChI is InChI=1S/C14H24N2O2/c1-5-12(17)7-8-15-14(18)13-9-10(3)16(6-2)11(13)4/h9,12,17H,5-8H2,1-4H3,(H,15,18). The van der Waals surface area contributed by atoms with E-state index in [9.17, 15) is 9.90 Å². The second-order valence-corrected chi connectivity index (χ2v) is 4.64. The number of carbonyl (C=O) groups excluding carboxylic acids is 1. The minimum absolute atomic E-state index is 0.0499. The number of hydrogen-bond acceptors (Lipinski definition) is 2. The number of hydrogen-bond donors (Lipinski definition) is 2. The van der Waals surface area contributed by atoms with Crippen molar-refractivity contribution in [3.63, 3.8) is 0 Å². The molecule has 18 heavy (non-hydrogen) atoms. The fourth-order valence-corrected chi connectivity index (χ4v) is 2.17. The van der Waals surface area contributed by atoms with Crippen molar-refractivity contribution in [3.8, 4) is 0 Å². The number of amides is 1. The summed E-state index contributed by atoms with van der Waals surface area (Å²) in [4.78, 5) is 12.0. The largest absolute Gasteiger partial charge is 0.393 e. The Kier molecular flexibility index (Phi) is 5.41. The number of aliphatic hydroxyl groups is 1. The normalized spacial score (nSPS) is 12.5. The van der Waals surface area contributed by atoms with E-state index in [2.05, 4.69) is 16.8 Å². The summed E-state index contributed by atoms with van der Waals surface area (Å²) < 4.78 is 2.12. The predicted molar refractivity (Wildman–Crippen MR) is 72.8 cm³/mol. The van der Waals surface area contributed by atoms with Crippen molar-refractivity contribution in [1.82, 2.24) is 9.88 Å². The van der Waals surface area contributed by atoms with Crippen molar-refractivity contribution in [1.29, 1.82) is 0 Å². The van der Waals surface area contributed by atoms with Gasteiger partial charge in [-0.3, -0.25) is 4.79 Å². The van der Waals surface area contributed by atoms with Crippen LogP contribution in [0.5, 0.6) is 0 Å². The number of aliphatic hydroxyl groups excluding tert-OH is 1. The molecule has 1 rings (SSSR count). The van der Waals surface area contributed by atoms with Crippen LogP contribution in [0.15, 0.2) is 6.07 Å². The summed E-state index contributed by atoms with van der Waals surface area (Å²) in [5, 5.41) is 12.3. The SMILES string of the molecule is CCC(O)CCNC(=O)c1cc(C)n(CC)c1C. The lowest BCUT2D eigenvalue weighted by molar-refractivity contribution is 0.0941. The van der Waals surface area contributed by atoms with Crippen LogP contribution in [0.1, 0.15) is 48.4 Å². The van der Waals surface area contributed by atoms with E-state index >= 15 is 0 Å². The molecule has 0 saturated heterocycles. The average Bonchev–Trinajstić information content (AvgIpc) is 2.64. The first-order chi connectivity index (χ1) is 8.51. The van der Waals surface area contributed by atoms with E-state index in [-0.39, 0.29) is 12.0 Å². The molecule has 4 nitrogen and oxygen atoms in total. The van der Waals surface area contributed by atoms with Gasteiger partial charge >= 0.3 is 0 Å². The maximum Gasteiger partial charge on any atom is 0.253 e. The monoisotopic (exact) mass is 252 g/mol. The fraction of sp³-hybridized carbons (Fsp3) is 0.643. The lowest BCUT2D eigenvalue weighted by atomic mass is 10.2. The first-order valence-electron chi connectivity index (χ1n) is 6.64. The number of aryl methyl sites for hydroxylation is 1. The van der Waals surface area contributed by atoms with Gasteiger partial charge in [0.2, 0.25) is 0 Å². The van der Waals surface area contributed by atoms with Gasteiger partial charge in [-0.05, 0) is 39.7 Å². The number of nitrogens with one attached hydrogen (secondary N) is 1. The third-order valence-corrected chi connectivity index (χ3v) is 3.37. The zero-order valence-corrected chi connectivity index (χ0v) is 11.8. The van der Waals surface area contributed by atoms with Gasteiger partial charge < -0.3 is 15.0 Å². The second kappa shape index (κ2) is 6.59. The zero-order valence-electron chi connectivity index (χ0n) is 11.8. The summed E-state index contributed by atoms with van der Waals surface area (Å²) in [6.45, 7) is 9.37. The molecular formula is C14H24N2O2. The summed E-state index contributed by atoms with van der Waals surface area (Å²) in [6, 6.07) is 1.92. The van der Waals surface area contributed by atoms with Crippen LogP contribution < -0.4 is 5.32 Å². The molecule has 0 radical (unpaired) electrons. The highest BCUT2D eigenvalue weighted by molar-refractivity contribution is 5.95.